The number of hydrogen-bond donors (Lipinski definition) is 2. The quantitative estimate of drug-likeness (QED) is 0.733. The molecule has 1 aliphatic heterocycles. The Morgan fingerprint density at radius 2 is 2.04 bits per heavy atom. The van der Waals surface area contributed by atoms with Crippen LogP contribution in [0.5, 0.6) is 5.88 Å². The van der Waals surface area contributed by atoms with Gasteiger partial charge in [0.25, 0.3) is 5.91 Å². The molecule has 1 aliphatic rings. The molecule has 2 aromatic rings. The summed E-state index contributed by atoms with van der Waals surface area (Å²) in [6.07, 6.45) is 5.53. The highest BCUT2D eigenvalue weighted by Crippen LogP contribution is 2.19. The molecule has 8 heteroatoms. The van der Waals surface area contributed by atoms with Crippen LogP contribution in [0.1, 0.15) is 23.2 Å². The van der Waals surface area contributed by atoms with E-state index in [0.717, 1.165) is 24.7 Å². The zero-order chi connectivity index (χ0) is 17.5. The SMILES string of the molecule is COc1cc(C(=O)NCCNc2cc(N3CCCC3)ncn2)ccn1. The maximum absolute atomic E-state index is 12.1. The number of methoxy groups -OCH3 is 1. The Kier molecular flexibility index (Phi) is 5.61. The number of aromatic nitrogens is 3. The third-order valence-electron chi connectivity index (χ3n) is 4.01. The molecule has 1 fully saturated rings. The summed E-state index contributed by atoms with van der Waals surface area (Å²) < 4.78 is 5.02. The van der Waals surface area contributed by atoms with Crippen LogP contribution < -0.4 is 20.3 Å². The standard InChI is InChI=1S/C17H22N6O2/c1-25-16-10-13(4-5-19-16)17(24)20-7-6-18-14-11-15(22-12-21-14)23-8-2-3-9-23/h4-5,10-12H,2-3,6-9H2,1H3,(H,20,24)(H,18,21,22). The number of nitrogens with zero attached hydrogens (tertiary/aromatic N) is 4. The number of carbonyl (C=O) groups excluding carboxylic acids is 1. The molecule has 1 amide bonds. The predicted molar refractivity (Wildman–Crippen MR) is 95.1 cm³/mol. The van der Waals surface area contributed by atoms with Crippen molar-refractivity contribution in [2.75, 3.05) is 43.5 Å². The second kappa shape index (κ2) is 8.27. The average molecular weight is 342 g/mol. The molecule has 3 heterocycles. The fraction of sp³-hybridized carbons (Fsp3) is 0.412. The monoisotopic (exact) mass is 342 g/mol. The Morgan fingerprint density at radius 3 is 2.84 bits per heavy atom. The first-order valence-corrected chi connectivity index (χ1v) is 8.35. The van der Waals surface area contributed by atoms with E-state index in [4.69, 9.17) is 4.74 Å². The molecule has 8 nitrogen and oxygen atoms in total. The van der Waals surface area contributed by atoms with Gasteiger partial charge in [0.15, 0.2) is 0 Å². The van der Waals surface area contributed by atoms with Gasteiger partial charge < -0.3 is 20.3 Å². The lowest BCUT2D eigenvalue weighted by Crippen LogP contribution is -2.29. The summed E-state index contributed by atoms with van der Waals surface area (Å²) in [5.41, 5.74) is 0.519. The maximum Gasteiger partial charge on any atom is 0.251 e. The topological polar surface area (TPSA) is 92.3 Å². The van der Waals surface area contributed by atoms with Crippen molar-refractivity contribution in [1.29, 1.82) is 0 Å². The molecule has 0 spiro atoms. The minimum absolute atomic E-state index is 0.164. The molecule has 25 heavy (non-hydrogen) atoms. The molecule has 0 bridgehead atoms. The summed E-state index contributed by atoms with van der Waals surface area (Å²) in [5.74, 6) is 1.96. The van der Waals surface area contributed by atoms with E-state index in [2.05, 4.69) is 30.5 Å². The van der Waals surface area contributed by atoms with Gasteiger partial charge in [-0.05, 0) is 18.9 Å². The van der Waals surface area contributed by atoms with Crippen molar-refractivity contribution in [2.24, 2.45) is 0 Å². The predicted octanol–water partition coefficient (Wildman–Crippen LogP) is 1.32. The molecule has 1 saturated heterocycles. The fourth-order valence-corrected chi connectivity index (χ4v) is 2.69. The van der Waals surface area contributed by atoms with E-state index >= 15 is 0 Å². The van der Waals surface area contributed by atoms with Crippen LogP contribution in [-0.4, -0.2) is 54.1 Å². The van der Waals surface area contributed by atoms with Crippen molar-refractivity contribution in [3.63, 3.8) is 0 Å². The maximum atomic E-state index is 12.1. The van der Waals surface area contributed by atoms with Crippen LogP contribution in [0, 0.1) is 0 Å². The number of anilines is 2. The Hall–Kier alpha value is -2.90. The van der Waals surface area contributed by atoms with Crippen molar-refractivity contribution in [2.45, 2.75) is 12.8 Å². The zero-order valence-electron chi connectivity index (χ0n) is 14.2. The van der Waals surface area contributed by atoms with Crippen LogP contribution in [-0.2, 0) is 0 Å². The normalized spacial score (nSPS) is 13.6. The third kappa shape index (κ3) is 4.56. The third-order valence-corrected chi connectivity index (χ3v) is 4.01. The number of hydrogen-bond acceptors (Lipinski definition) is 7. The van der Waals surface area contributed by atoms with Gasteiger partial charge in [0.05, 0.1) is 7.11 Å². The van der Waals surface area contributed by atoms with Crippen molar-refractivity contribution in [3.8, 4) is 5.88 Å². The largest absolute Gasteiger partial charge is 0.481 e. The van der Waals surface area contributed by atoms with Gasteiger partial charge >= 0.3 is 0 Å². The van der Waals surface area contributed by atoms with E-state index in [-0.39, 0.29) is 5.91 Å². The minimum atomic E-state index is -0.164. The second-order valence-corrected chi connectivity index (χ2v) is 5.73. The molecule has 0 aliphatic carbocycles. The van der Waals surface area contributed by atoms with Gasteiger partial charge in [-0.2, -0.15) is 0 Å². The molecular formula is C17H22N6O2. The highest BCUT2D eigenvalue weighted by Gasteiger charge is 2.14. The molecular weight excluding hydrogens is 320 g/mol. The number of ether oxygens (including phenoxy) is 1. The highest BCUT2D eigenvalue weighted by molar-refractivity contribution is 5.94. The summed E-state index contributed by atoms with van der Waals surface area (Å²) in [4.78, 5) is 26.9. The second-order valence-electron chi connectivity index (χ2n) is 5.73. The fourth-order valence-electron chi connectivity index (χ4n) is 2.69. The summed E-state index contributed by atoms with van der Waals surface area (Å²) in [5, 5.41) is 6.06. The van der Waals surface area contributed by atoms with Gasteiger partial charge in [0.2, 0.25) is 5.88 Å². The van der Waals surface area contributed by atoms with Crippen LogP contribution in [0.2, 0.25) is 0 Å². The number of carbonyl (C=O) groups is 1. The Bertz CT molecular complexity index is 718. The molecule has 0 saturated carbocycles. The molecule has 2 aromatic heterocycles. The number of nitrogens with one attached hydrogen (secondary N) is 2. The first kappa shape index (κ1) is 16.9. The lowest BCUT2D eigenvalue weighted by atomic mass is 10.2. The van der Waals surface area contributed by atoms with E-state index in [9.17, 15) is 4.79 Å². The summed E-state index contributed by atoms with van der Waals surface area (Å²) in [6.45, 7) is 3.14. The van der Waals surface area contributed by atoms with E-state index in [1.54, 1.807) is 24.7 Å². The van der Waals surface area contributed by atoms with Crippen molar-refractivity contribution in [1.82, 2.24) is 20.3 Å². The van der Waals surface area contributed by atoms with Crippen molar-refractivity contribution < 1.29 is 9.53 Å². The highest BCUT2D eigenvalue weighted by atomic mass is 16.5. The van der Waals surface area contributed by atoms with E-state index < -0.39 is 0 Å². The Morgan fingerprint density at radius 1 is 1.20 bits per heavy atom. The van der Waals surface area contributed by atoms with Gasteiger partial charge in [-0.1, -0.05) is 0 Å². The number of amides is 1. The van der Waals surface area contributed by atoms with Crippen LogP contribution >= 0.6 is 0 Å². The van der Waals surface area contributed by atoms with Gasteiger partial charge in [-0.25, -0.2) is 15.0 Å². The minimum Gasteiger partial charge on any atom is -0.481 e. The molecule has 0 unspecified atom stereocenters. The van der Waals surface area contributed by atoms with Crippen LogP contribution in [0.4, 0.5) is 11.6 Å². The van der Waals surface area contributed by atoms with E-state index in [0.29, 0.717) is 24.5 Å². The van der Waals surface area contributed by atoms with Crippen molar-refractivity contribution >= 4 is 17.5 Å². The summed E-state index contributed by atoms with van der Waals surface area (Å²) >= 11 is 0. The van der Waals surface area contributed by atoms with Gasteiger partial charge in [-0.15, -0.1) is 0 Å². The molecule has 0 radical (unpaired) electrons. The summed E-state index contributed by atoms with van der Waals surface area (Å²) in [7, 11) is 1.52. The Labute approximate surface area is 146 Å². The lowest BCUT2D eigenvalue weighted by Gasteiger charge is -2.16. The number of pyridine rings is 1. The molecule has 0 atom stereocenters. The van der Waals surface area contributed by atoms with E-state index in [1.807, 2.05) is 6.07 Å². The van der Waals surface area contributed by atoms with Gasteiger partial charge in [0.1, 0.15) is 18.0 Å². The van der Waals surface area contributed by atoms with Crippen LogP contribution in [0.3, 0.4) is 0 Å². The Balaban J connectivity index is 1.46. The lowest BCUT2D eigenvalue weighted by molar-refractivity contribution is 0.0954. The molecule has 2 N–H and O–H groups in total. The van der Waals surface area contributed by atoms with Gasteiger partial charge in [-0.3, -0.25) is 4.79 Å². The first-order valence-electron chi connectivity index (χ1n) is 8.35. The van der Waals surface area contributed by atoms with Gasteiger partial charge in [0, 0.05) is 50.1 Å². The van der Waals surface area contributed by atoms with Crippen LogP contribution in [0.15, 0.2) is 30.7 Å². The zero-order valence-corrected chi connectivity index (χ0v) is 14.2. The first-order chi connectivity index (χ1) is 12.3. The smallest absolute Gasteiger partial charge is 0.251 e. The molecule has 0 aromatic carbocycles. The average Bonchev–Trinajstić information content (AvgIpc) is 3.20. The molecule has 132 valence electrons. The van der Waals surface area contributed by atoms with Crippen molar-refractivity contribution in [3.05, 3.63) is 36.3 Å². The summed E-state index contributed by atoms with van der Waals surface area (Å²) in [6, 6.07) is 5.20. The van der Waals surface area contributed by atoms with E-state index in [1.165, 1.54) is 20.0 Å². The number of rotatable bonds is 7. The van der Waals surface area contributed by atoms with Crippen LogP contribution in [0.25, 0.3) is 0 Å². The molecule has 3 rings (SSSR count).